The fraction of sp³-hybridized carbons (Fsp3) is 0.125. The molecular weight excluding hydrogens is 270 g/mol. The molecule has 5 heteroatoms. The zero-order chi connectivity index (χ0) is 15.4. The third-order valence-electron chi connectivity index (χ3n) is 2.98. The number of phenols is 1. The van der Waals surface area contributed by atoms with Crippen LogP contribution in [0.2, 0.25) is 0 Å². The van der Waals surface area contributed by atoms with E-state index in [9.17, 15) is 14.7 Å². The number of aryl methyl sites for hydroxylation is 1. The van der Waals surface area contributed by atoms with E-state index >= 15 is 0 Å². The standard InChI is InChI=1S/C16H15NO4/c1-10-2-5-12(6-3-10)16(21)17-13-8-11(9-15(19)20)4-7-14(13)18/h2-8,18H,9H2,1H3,(H,17,21)(H,19,20). The second-order valence-corrected chi connectivity index (χ2v) is 4.74. The van der Waals surface area contributed by atoms with Crippen LogP contribution in [-0.4, -0.2) is 22.1 Å². The summed E-state index contributed by atoms with van der Waals surface area (Å²) in [6, 6.07) is 11.3. The number of rotatable bonds is 4. The van der Waals surface area contributed by atoms with Gasteiger partial charge in [-0.25, -0.2) is 0 Å². The van der Waals surface area contributed by atoms with Gasteiger partial charge in [0.2, 0.25) is 0 Å². The summed E-state index contributed by atoms with van der Waals surface area (Å²) < 4.78 is 0. The second-order valence-electron chi connectivity index (χ2n) is 4.74. The molecule has 0 saturated heterocycles. The van der Waals surface area contributed by atoms with E-state index in [1.165, 1.54) is 18.2 Å². The van der Waals surface area contributed by atoms with E-state index in [-0.39, 0.29) is 23.8 Å². The topological polar surface area (TPSA) is 86.6 Å². The van der Waals surface area contributed by atoms with Gasteiger partial charge in [-0.15, -0.1) is 0 Å². The van der Waals surface area contributed by atoms with Crippen molar-refractivity contribution in [1.29, 1.82) is 0 Å². The first-order valence-electron chi connectivity index (χ1n) is 6.37. The normalized spacial score (nSPS) is 10.1. The number of benzene rings is 2. The van der Waals surface area contributed by atoms with Crippen LogP contribution in [0.3, 0.4) is 0 Å². The first-order chi connectivity index (χ1) is 9.95. The van der Waals surface area contributed by atoms with Gasteiger partial charge in [-0.2, -0.15) is 0 Å². The molecule has 0 spiro atoms. The lowest BCUT2D eigenvalue weighted by Crippen LogP contribution is -2.12. The Labute approximate surface area is 121 Å². The van der Waals surface area contributed by atoms with Crippen molar-refractivity contribution < 1.29 is 19.8 Å². The molecule has 0 bridgehead atoms. The summed E-state index contributed by atoms with van der Waals surface area (Å²) in [5, 5.41) is 21.1. The van der Waals surface area contributed by atoms with Crippen molar-refractivity contribution in [2.45, 2.75) is 13.3 Å². The van der Waals surface area contributed by atoms with Crippen molar-refractivity contribution in [3.63, 3.8) is 0 Å². The van der Waals surface area contributed by atoms with E-state index in [1.807, 2.05) is 19.1 Å². The van der Waals surface area contributed by atoms with Crippen LogP contribution < -0.4 is 5.32 Å². The molecule has 0 saturated carbocycles. The Morgan fingerprint density at radius 1 is 1.10 bits per heavy atom. The highest BCUT2D eigenvalue weighted by molar-refractivity contribution is 6.05. The number of aliphatic carboxylic acids is 1. The van der Waals surface area contributed by atoms with Gasteiger partial charge in [-0.1, -0.05) is 23.8 Å². The third-order valence-corrected chi connectivity index (χ3v) is 2.98. The maximum Gasteiger partial charge on any atom is 0.307 e. The monoisotopic (exact) mass is 285 g/mol. The number of carbonyl (C=O) groups excluding carboxylic acids is 1. The van der Waals surface area contributed by atoms with Gasteiger partial charge in [0.15, 0.2) is 0 Å². The molecule has 0 radical (unpaired) electrons. The van der Waals surface area contributed by atoms with Gasteiger partial charge >= 0.3 is 5.97 Å². The molecule has 3 N–H and O–H groups in total. The zero-order valence-corrected chi connectivity index (χ0v) is 11.5. The van der Waals surface area contributed by atoms with Gasteiger partial charge in [0.25, 0.3) is 5.91 Å². The van der Waals surface area contributed by atoms with Crippen LogP contribution in [-0.2, 0) is 11.2 Å². The van der Waals surface area contributed by atoms with Gasteiger partial charge in [-0.05, 0) is 36.8 Å². The van der Waals surface area contributed by atoms with E-state index in [0.29, 0.717) is 11.1 Å². The summed E-state index contributed by atoms with van der Waals surface area (Å²) >= 11 is 0. The fourth-order valence-corrected chi connectivity index (χ4v) is 1.87. The van der Waals surface area contributed by atoms with E-state index in [0.717, 1.165) is 5.56 Å². The smallest absolute Gasteiger partial charge is 0.307 e. The number of aromatic hydroxyl groups is 1. The van der Waals surface area contributed by atoms with E-state index < -0.39 is 5.97 Å². The molecule has 0 aliphatic rings. The number of phenolic OH excluding ortho intramolecular Hbond substituents is 1. The number of anilines is 1. The average molecular weight is 285 g/mol. The molecule has 2 aromatic carbocycles. The Hall–Kier alpha value is -2.82. The molecular formula is C16H15NO4. The van der Waals surface area contributed by atoms with Crippen molar-refractivity contribution in [2.24, 2.45) is 0 Å². The van der Waals surface area contributed by atoms with Crippen LogP contribution in [0, 0.1) is 6.92 Å². The van der Waals surface area contributed by atoms with Crippen molar-refractivity contribution in [1.82, 2.24) is 0 Å². The van der Waals surface area contributed by atoms with E-state index in [4.69, 9.17) is 5.11 Å². The maximum atomic E-state index is 12.1. The molecule has 0 aromatic heterocycles. The summed E-state index contributed by atoms with van der Waals surface area (Å²) in [6.45, 7) is 1.92. The molecule has 0 fully saturated rings. The molecule has 0 aliphatic heterocycles. The summed E-state index contributed by atoms with van der Waals surface area (Å²) in [5.41, 5.74) is 2.19. The van der Waals surface area contributed by atoms with Crippen molar-refractivity contribution in [3.8, 4) is 5.75 Å². The minimum absolute atomic E-state index is 0.107. The van der Waals surface area contributed by atoms with E-state index in [2.05, 4.69) is 5.32 Å². The minimum Gasteiger partial charge on any atom is -0.506 e. The molecule has 1 amide bonds. The number of amides is 1. The van der Waals surface area contributed by atoms with Crippen LogP contribution in [0.1, 0.15) is 21.5 Å². The second kappa shape index (κ2) is 6.09. The fourth-order valence-electron chi connectivity index (χ4n) is 1.87. The Morgan fingerprint density at radius 2 is 1.76 bits per heavy atom. The number of hydrogen-bond acceptors (Lipinski definition) is 3. The van der Waals surface area contributed by atoms with Crippen molar-refractivity contribution in [3.05, 3.63) is 59.2 Å². The quantitative estimate of drug-likeness (QED) is 0.753. The molecule has 0 heterocycles. The SMILES string of the molecule is Cc1ccc(C(=O)Nc2cc(CC(=O)O)ccc2O)cc1. The van der Waals surface area contributed by atoms with Gasteiger partial charge in [0, 0.05) is 5.56 Å². The highest BCUT2D eigenvalue weighted by atomic mass is 16.4. The highest BCUT2D eigenvalue weighted by Gasteiger charge is 2.10. The molecule has 2 aromatic rings. The first kappa shape index (κ1) is 14.6. The Bertz CT molecular complexity index is 677. The molecule has 21 heavy (non-hydrogen) atoms. The van der Waals surface area contributed by atoms with E-state index in [1.54, 1.807) is 12.1 Å². The van der Waals surface area contributed by atoms with Crippen molar-refractivity contribution >= 4 is 17.6 Å². The van der Waals surface area contributed by atoms with Gasteiger partial charge in [0.05, 0.1) is 12.1 Å². The number of nitrogens with one attached hydrogen (secondary N) is 1. The summed E-state index contributed by atoms with van der Waals surface area (Å²) in [6.07, 6.45) is -0.173. The Balaban J connectivity index is 2.20. The summed E-state index contributed by atoms with van der Waals surface area (Å²) in [7, 11) is 0. The lowest BCUT2D eigenvalue weighted by molar-refractivity contribution is -0.136. The number of carbonyl (C=O) groups is 2. The van der Waals surface area contributed by atoms with Crippen LogP contribution in [0.5, 0.6) is 5.75 Å². The minimum atomic E-state index is -0.975. The molecule has 2 rings (SSSR count). The molecule has 0 aliphatic carbocycles. The van der Waals surface area contributed by atoms with Crippen LogP contribution >= 0.6 is 0 Å². The maximum absolute atomic E-state index is 12.1. The number of hydrogen-bond donors (Lipinski definition) is 3. The van der Waals surface area contributed by atoms with Gasteiger partial charge in [-0.3, -0.25) is 9.59 Å². The Morgan fingerprint density at radius 3 is 2.38 bits per heavy atom. The molecule has 0 unspecified atom stereocenters. The van der Waals surface area contributed by atoms with Gasteiger partial charge < -0.3 is 15.5 Å². The zero-order valence-electron chi connectivity index (χ0n) is 11.5. The van der Waals surface area contributed by atoms with Crippen LogP contribution in [0.25, 0.3) is 0 Å². The summed E-state index contributed by atoms with van der Waals surface area (Å²) in [5.74, 6) is -1.45. The van der Waals surface area contributed by atoms with Crippen LogP contribution in [0.15, 0.2) is 42.5 Å². The molecule has 5 nitrogen and oxygen atoms in total. The molecule has 108 valence electrons. The predicted octanol–water partition coefficient (Wildman–Crippen LogP) is 2.58. The lowest BCUT2D eigenvalue weighted by atomic mass is 10.1. The third kappa shape index (κ3) is 3.82. The lowest BCUT2D eigenvalue weighted by Gasteiger charge is -2.09. The highest BCUT2D eigenvalue weighted by Crippen LogP contribution is 2.25. The average Bonchev–Trinajstić information content (AvgIpc) is 2.42. The van der Waals surface area contributed by atoms with Gasteiger partial charge in [0.1, 0.15) is 5.75 Å². The summed E-state index contributed by atoms with van der Waals surface area (Å²) in [4.78, 5) is 22.8. The largest absolute Gasteiger partial charge is 0.506 e. The number of carboxylic acid groups (broad SMARTS) is 1. The predicted molar refractivity (Wildman–Crippen MR) is 78.6 cm³/mol. The molecule has 0 atom stereocenters. The van der Waals surface area contributed by atoms with Crippen LogP contribution in [0.4, 0.5) is 5.69 Å². The van der Waals surface area contributed by atoms with Crippen molar-refractivity contribution in [2.75, 3.05) is 5.32 Å². The first-order valence-corrected chi connectivity index (χ1v) is 6.37. The Kier molecular flexibility index (Phi) is 4.23. The number of carboxylic acids is 1.